The largest absolute Gasteiger partial charge is 0.500 e. The van der Waals surface area contributed by atoms with Gasteiger partial charge < -0.3 is 58.8 Å². The number of nitriles is 2. The Morgan fingerprint density at radius 2 is 1.15 bits per heavy atom. The molecule has 0 radical (unpaired) electrons. The van der Waals surface area contributed by atoms with Gasteiger partial charge in [-0.05, 0) is 48.5 Å². The second-order valence-corrected chi connectivity index (χ2v) is 11.9. The highest BCUT2D eigenvalue weighted by Crippen LogP contribution is 2.22. The molecule has 0 aliphatic rings. The van der Waals surface area contributed by atoms with Gasteiger partial charge in [-0.3, -0.25) is 9.59 Å². The third-order valence-corrected chi connectivity index (χ3v) is 7.57. The maximum Gasteiger partial charge on any atom is 0.356 e. The number of nitrogens with zero attached hydrogens (tertiary/aromatic N) is 5. The van der Waals surface area contributed by atoms with E-state index < -0.39 is 35.8 Å². The lowest BCUT2D eigenvalue weighted by Gasteiger charge is -2.02. The molecule has 6 N–H and O–H groups in total. The molecule has 0 unspecified atom stereocenters. The van der Waals surface area contributed by atoms with E-state index in [2.05, 4.69) is 44.4 Å². The highest BCUT2D eigenvalue weighted by Gasteiger charge is 2.21. The van der Waals surface area contributed by atoms with Crippen molar-refractivity contribution >= 4 is 75.2 Å². The Hall–Kier alpha value is -8.25. The molecule has 24 nitrogen and oxygen atoms in total. The van der Waals surface area contributed by atoms with Crippen LogP contribution in [0.3, 0.4) is 0 Å². The van der Waals surface area contributed by atoms with Gasteiger partial charge in [0.1, 0.15) is 69.5 Å². The molecule has 354 valence electrons. The van der Waals surface area contributed by atoms with Crippen LogP contribution in [-0.4, -0.2) is 117 Å². The van der Waals surface area contributed by atoms with E-state index in [9.17, 15) is 33.6 Å². The van der Waals surface area contributed by atoms with Gasteiger partial charge in [-0.15, -0.1) is 0 Å². The average Bonchev–Trinajstić information content (AvgIpc) is 4.04. The molecule has 0 saturated carbocycles. The van der Waals surface area contributed by atoms with Gasteiger partial charge in [0.25, 0.3) is 5.56 Å². The number of carbonyl (C=O) groups excluding carboxylic acids is 6. The SMILES string of the molecule is CCO/C=C(/C#N)C(=O)OCC.CCOC(=O)CC#N.CCOC(=O)c1c[nH]c(C(=O)OCC)c1N.CCOC(=O)c1c[nH]c2c(=O)[nH]cnc12.CCOC(=O)c1c[nH]c2c(Cl)ncnc12. The van der Waals surface area contributed by atoms with Crippen LogP contribution in [0.25, 0.3) is 22.1 Å². The third kappa shape index (κ3) is 17.5. The van der Waals surface area contributed by atoms with Crippen molar-refractivity contribution in [1.82, 2.24) is 34.9 Å². The molecule has 0 aliphatic carbocycles. The number of aromatic amines is 4. The van der Waals surface area contributed by atoms with Crippen LogP contribution in [0, 0.1) is 22.7 Å². The van der Waals surface area contributed by atoms with E-state index in [1.54, 1.807) is 60.6 Å². The average molecular weight is 941 g/mol. The predicted octanol–water partition coefficient (Wildman–Crippen LogP) is 4.62. The molecule has 0 amide bonds. The Morgan fingerprint density at radius 3 is 1.67 bits per heavy atom. The first-order valence-electron chi connectivity index (χ1n) is 19.7. The highest BCUT2D eigenvalue weighted by molar-refractivity contribution is 6.34. The summed E-state index contributed by atoms with van der Waals surface area (Å²) in [5.74, 6) is -3.15. The van der Waals surface area contributed by atoms with E-state index >= 15 is 0 Å². The van der Waals surface area contributed by atoms with E-state index in [4.69, 9.17) is 51.5 Å². The first kappa shape index (κ1) is 55.8. The van der Waals surface area contributed by atoms with Crippen LogP contribution in [0.15, 0.2) is 47.9 Å². The molecule has 5 rings (SSSR count). The summed E-state index contributed by atoms with van der Waals surface area (Å²) in [6.45, 7) is 14.1. The van der Waals surface area contributed by atoms with E-state index in [1.165, 1.54) is 31.2 Å². The van der Waals surface area contributed by atoms with E-state index in [1.807, 2.05) is 0 Å². The Balaban J connectivity index is 0.000000420. The number of nitrogen functional groups attached to an aromatic ring is 1. The summed E-state index contributed by atoms with van der Waals surface area (Å²) < 4.78 is 33.0. The lowest BCUT2D eigenvalue weighted by Crippen LogP contribution is -2.10. The quantitative estimate of drug-likeness (QED) is 0.0253. The van der Waals surface area contributed by atoms with Crippen LogP contribution in [0.1, 0.15) is 96.4 Å². The van der Waals surface area contributed by atoms with Crippen molar-refractivity contribution in [2.75, 3.05) is 52.0 Å². The number of anilines is 1. The van der Waals surface area contributed by atoms with E-state index in [0.717, 1.165) is 6.26 Å². The molecule has 5 heterocycles. The minimum atomic E-state index is -0.645. The van der Waals surface area contributed by atoms with Crippen molar-refractivity contribution in [3.63, 3.8) is 0 Å². The van der Waals surface area contributed by atoms with Crippen molar-refractivity contribution in [1.29, 1.82) is 10.5 Å². The van der Waals surface area contributed by atoms with Crippen molar-refractivity contribution in [2.45, 2.75) is 54.9 Å². The number of H-pyrrole nitrogens is 4. The number of hydrogen-bond acceptors (Lipinski definition) is 20. The van der Waals surface area contributed by atoms with Crippen molar-refractivity contribution in [3.05, 3.63) is 81.0 Å². The van der Waals surface area contributed by atoms with Crippen LogP contribution >= 0.6 is 11.6 Å². The molecular formula is C41H49ClN10O14. The summed E-state index contributed by atoms with van der Waals surface area (Å²) in [5, 5.41) is 16.7. The first-order chi connectivity index (χ1) is 31.7. The number of ether oxygens (including phenoxy) is 7. The van der Waals surface area contributed by atoms with Crippen LogP contribution in [0.5, 0.6) is 0 Å². The summed E-state index contributed by atoms with van der Waals surface area (Å²) in [6, 6.07) is 3.36. The number of fused-ring (bicyclic) bond motifs is 2. The Bertz CT molecular complexity index is 2530. The molecule has 0 fully saturated rings. The molecule has 5 aromatic rings. The van der Waals surface area contributed by atoms with Gasteiger partial charge in [0.2, 0.25) is 0 Å². The molecule has 25 heteroatoms. The monoisotopic (exact) mass is 940 g/mol. The highest BCUT2D eigenvalue weighted by atomic mass is 35.5. The normalized spacial score (nSPS) is 9.94. The molecule has 5 aromatic heterocycles. The van der Waals surface area contributed by atoms with Crippen molar-refractivity contribution in [2.24, 2.45) is 0 Å². The second kappa shape index (κ2) is 30.7. The molecule has 0 bridgehead atoms. The van der Waals surface area contributed by atoms with Gasteiger partial charge in [0.05, 0.1) is 64.3 Å². The summed E-state index contributed by atoms with van der Waals surface area (Å²) in [4.78, 5) is 100. The number of rotatable bonds is 14. The van der Waals surface area contributed by atoms with Gasteiger partial charge in [0.15, 0.2) is 10.7 Å². The molecular weight excluding hydrogens is 892 g/mol. The maximum atomic E-state index is 11.5. The summed E-state index contributed by atoms with van der Waals surface area (Å²) in [7, 11) is 0. The maximum absolute atomic E-state index is 11.5. The number of esters is 6. The predicted molar refractivity (Wildman–Crippen MR) is 233 cm³/mol. The minimum absolute atomic E-state index is 0.0527. The summed E-state index contributed by atoms with van der Waals surface area (Å²) >= 11 is 5.82. The van der Waals surface area contributed by atoms with Crippen molar-refractivity contribution < 1.29 is 61.9 Å². The molecule has 0 aliphatic heterocycles. The van der Waals surface area contributed by atoms with Crippen LogP contribution < -0.4 is 11.3 Å². The Labute approximate surface area is 381 Å². The number of aromatic nitrogens is 7. The minimum Gasteiger partial charge on any atom is -0.500 e. The smallest absolute Gasteiger partial charge is 0.356 e. The van der Waals surface area contributed by atoms with Gasteiger partial charge in [-0.1, -0.05) is 11.6 Å². The topological polar surface area (TPSA) is 360 Å². The van der Waals surface area contributed by atoms with Gasteiger partial charge in [0, 0.05) is 18.6 Å². The third-order valence-electron chi connectivity index (χ3n) is 7.28. The summed E-state index contributed by atoms with van der Waals surface area (Å²) in [5.41, 5.74) is 7.76. The number of halogens is 1. The molecule has 66 heavy (non-hydrogen) atoms. The van der Waals surface area contributed by atoms with Crippen LogP contribution in [-0.2, 0) is 42.7 Å². The Kier molecular flexibility index (Phi) is 26.0. The number of hydrogen-bond donors (Lipinski definition) is 5. The molecule has 0 aromatic carbocycles. The molecule has 0 atom stereocenters. The second-order valence-electron chi connectivity index (χ2n) is 11.6. The number of carbonyl (C=O) groups is 6. The fourth-order valence-corrected chi connectivity index (χ4v) is 4.73. The zero-order chi connectivity index (χ0) is 49.6. The standard InChI is InChI=1S/C10H14N2O4.C9H8ClN3O2.C9H9N3O3.C8H11NO3.C5H7NO2/c1-3-15-9(13)6-5-12-8(7(6)11)10(14)16-4-2;1-2-15-9(14)5-3-11-7-6(5)12-4-13-8(7)10;1-2-15-9(14)5-3-10-7-6(5)11-4-12-8(7)13;1-3-11-6-7(5-9)8(10)12-4-2;1-2-8-5(7)3-4-6/h5,12H,3-4,11H2,1-2H3;3-4,11H,2H2,1H3;3-4,10H,2H2,1H3,(H,11,12,13);6H,3-4H2,1-2H3;2-3H2,1H3/b;;;7-6-;. The van der Waals surface area contributed by atoms with Gasteiger partial charge in [-0.25, -0.2) is 38.9 Å². The van der Waals surface area contributed by atoms with E-state index in [0.29, 0.717) is 41.9 Å². The fraction of sp³-hybridized carbons (Fsp3) is 0.366. The fourth-order valence-electron chi connectivity index (χ4n) is 4.54. The van der Waals surface area contributed by atoms with Gasteiger partial charge >= 0.3 is 35.8 Å². The zero-order valence-electron chi connectivity index (χ0n) is 37.0. The van der Waals surface area contributed by atoms with Crippen LogP contribution in [0.4, 0.5) is 5.69 Å². The zero-order valence-corrected chi connectivity index (χ0v) is 37.8. The Morgan fingerprint density at radius 1 is 0.652 bits per heavy atom. The molecule has 0 spiro atoms. The lowest BCUT2D eigenvalue weighted by molar-refractivity contribution is -0.142. The van der Waals surface area contributed by atoms with Gasteiger partial charge in [-0.2, -0.15) is 10.5 Å². The summed E-state index contributed by atoms with van der Waals surface area (Å²) in [6.07, 6.45) is 7.79. The number of nitrogens with one attached hydrogen (secondary N) is 4. The molecule has 0 saturated heterocycles. The van der Waals surface area contributed by atoms with Crippen LogP contribution in [0.2, 0.25) is 5.15 Å². The number of nitrogens with two attached hydrogens (primary N) is 1. The first-order valence-corrected chi connectivity index (χ1v) is 20.1. The van der Waals surface area contributed by atoms with E-state index in [-0.39, 0.29) is 77.2 Å². The lowest BCUT2D eigenvalue weighted by atomic mass is 10.2. The van der Waals surface area contributed by atoms with Crippen molar-refractivity contribution in [3.8, 4) is 12.1 Å².